The van der Waals surface area contributed by atoms with Crippen molar-refractivity contribution in [3.63, 3.8) is 0 Å². The van der Waals surface area contributed by atoms with Gasteiger partial charge in [0.25, 0.3) is 5.91 Å². The quantitative estimate of drug-likeness (QED) is 0.578. The van der Waals surface area contributed by atoms with Crippen molar-refractivity contribution in [1.82, 2.24) is 10.3 Å². The molecule has 7 nitrogen and oxygen atoms in total. The van der Waals surface area contributed by atoms with E-state index >= 15 is 0 Å². The largest absolute Gasteiger partial charge is 0.493 e. The predicted molar refractivity (Wildman–Crippen MR) is 117 cm³/mol. The van der Waals surface area contributed by atoms with E-state index in [1.165, 1.54) is 26.4 Å². The van der Waals surface area contributed by atoms with Gasteiger partial charge in [-0.3, -0.25) is 9.78 Å². The van der Waals surface area contributed by atoms with Crippen LogP contribution in [0.1, 0.15) is 27.0 Å². The molecule has 2 aromatic carbocycles. The number of sulfone groups is 1. The molecule has 1 aromatic heterocycles. The molecule has 1 N–H and O–H groups in total. The molecule has 162 valence electrons. The second-order valence-corrected chi connectivity index (χ2v) is 8.95. The average Bonchev–Trinajstić information content (AvgIpc) is 2.78. The zero-order valence-corrected chi connectivity index (χ0v) is 18.4. The van der Waals surface area contributed by atoms with Crippen molar-refractivity contribution in [1.29, 1.82) is 0 Å². The summed E-state index contributed by atoms with van der Waals surface area (Å²) in [4.78, 5) is 16.7. The molecule has 0 aliphatic heterocycles. The Morgan fingerprint density at radius 1 is 1.03 bits per heavy atom. The highest BCUT2D eigenvalue weighted by molar-refractivity contribution is 7.90. The van der Waals surface area contributed by atoms with E-state index in [1.807, 2.05) is 13.0 Å². The van der Waals surface area contributed by atoms with Crippen LogP contribution in [0.3, 0.4) is 0 Å². The molecule has 0 saturated heterocycles. The summed E-state index contributed by atoms with van der Waals surface area (Å²) >= 11 is 0. The maximum atomic E-state index is 13.0. The second kappa shape index (κ2) is 9.61. The van der Waals surface area contributed by atoms with E-state index in [0.29, 0.717) is 29.2 Å². The first-order valence-electron chi connectivity index (χ1n) is 9.55. The van der Waals surface area contributed by atoms with Crippen molar-refractivity contribution in [2.45, 2.75) is 24.1 Å². The molecule has 0 atom stereocenters. The summed E-state index contributed by atoms with van der Waals surface area (Å²) in [7, 11) is -0.730. The number of hydrogen-bond donors (Lipinski definition) is 1. The monoisotopic (exact) mass is 440 g/mol. The van der Waals surface area contributed by atoms with Gasteiger partial charge in [0.1, 0.15) is 0 Å². The van der Waals surface area contributed by atoms with Crippen molar-refractivity contribution in [3.05, 3.63) is 83.2 Å². The molecule has 0 bridgehead atoms. The lowest BCUT2D eigenvalue weighted by Crippen LogP contribution is -2.23. The van der Waals surface area contributed by atoms with Gasteiger partial charge in [0.05, 0.1) is 24.9 Å². The topological polar surface area (TPSA) is 94.6 Å². The standard InChI is InChI=1S/C23H24N2O5S/c1-16-6-7-18(23(26)25-14-17-5-4-10-24-13-17)11-19(16)15-31(27,28)20-8-9-21(29-2)22(12-20)30-3/h4-13H,14-15H2,1-3H3,(H,25,26). The molecule has 3 aromatic rings. The van der Waals surface area contributed by atoms with Crippen LogP contribution < -0.4 is 14.8 Å². The lowest BCUT2D eigenvalue weighted by Gasteiger charge is -2.12. The number of nitrogens with zero attached hydrogens (tertiary/aromatic N) is 1. The highest BCUT2D eigenvalue weighted by atomic mass is 32.2. The maximum absolute atomic E-state index is 13.0. The van der Waals surface area contributed by atoms with Crippen molar-refractivity contribution >= 4 is 15.7 Å². The van der Waals surface area contributed by atoms with Crippen molar-refractivity contribution < 1.29 is 22.7 Å². The number of benzene rings is 2. The van der Waals surface area contributed by atoms with Crippen molar-refractivity contribution in [3.8, 4) is 11.5 Å². The van der Waals surface area contributed by atoms with Crippen molar-refractivity contribution in [2.75, 3.05) is 14.2 Å². The third-order valence-corrected chi connectivity index (χ3v) is 6.51. The first-order valence-corrected chi connectivity index (χ1v) is 11.2. The van der Waals surface area contributed by atoms with Gasteiger partial charge >= 0.3 is 0 Å². The number of pyridine rings is 1. The number of methoxy groups -OCH3 is 2. The zero-order chi connectivity index (χ0) is 22.4. The smallest absolute Gasteiger partial charge is 0.251 e. The molecule has 0 spiro atoms. The Balaban J connectivity index is 1.80. The van der Waals surface area contributed by atoms with E-state index in [9.17, 15) is 13.2 Å². The van der Waals surface area contributed by atoms with E-state index in [0.717, 1.165) is 11.1 Å². The molecule has 0 radical (unpaired) electrons. The third kappa shape index (κ3) is 5.40. The fraction of sp³-hybridized carbons (Fsp3) is 0.217. The Morgan fingerprint density at radius 3 is 2.48 bits per heavy atom. The lowest BCUT2D eigenvalue weighted by atomic mass is 10.1. The molecule has 0 aliphatic rings. The van der Waals surface area contributed by atoms with Crippen LogP contribution in [0.25, 0.3) is 0 Å². The maximum Gasteiger partial charge on any atom is 0.251 e. The van der Waals surface area contributed by atoms with Crippen LogP contribution in [0, 0.1) is 6.92 Å². The van der Waals surface area contributed by atoms with Gasteiger partial charge < -0.3 is 14.8 Å². The first-order chi connectivity index (χ1) is 14.8. The molecule has 0 aliphatic carbocycles. The minimum absolute atomic E-state index is 0.121. The third-order valence-electron chi connectivity index (χ3n) is 4.85. The van der Waals surface area contributed by atoms with Gasteiger partial charge in [0.2, 0.25) is 0 Å². The van der Waals surface area contributed by atoms with Gasteiger partial charge in [-0.15, -0.1) is 0 Å². The van der Waals surface area contributed by atoms with Gasteiger partial charge in [-0.1, -0.05) is 12.1 Å². The highest BCUT2D eigenvalue weighted by Crippen LogP contribution is 2.31. The predicted octanol–water partition coefficient (Wildman–Crippen LogP) is 3.31. The molecular formula is C23H24N2O5S. The van der Waals surface area contributed by atoms with E-state index in [2.05, 4.69) is 10.3 Å². The summed E-state index contributed by atoms with van der Waals surface area (Å²) in [5.74, 6) is 0.264. The number of aryl methyl sites for hydroxylation is 1. The van der Waals surface area contributed by atoms with Gasteiger partial charge in [-0.2, -0.15) is 0 Å². The fourth-order valence-corrected chi connectivity index (χ4v) is 4.50. The summed E-state index contributed by atoms with van der Waals surface area (Å²) in [6.45, 7) is 2.15. The number of carbonyl (C=O) groups is 1. The minimum atomic E-state index is -3.67. The van der Waals surface area contributed by atoms with Gasteiger partial charge in [0.15, 0.2) is 21.3 Å². The lowest BCUT2D eigenvalue weighted by molar-refractivity contribution is 0.0950. The number of ether oxygens (including phenoxy) is 2. The normalized spacial score (nSPS) is 11.1. The Hall–Kier alpha value is -3.39. The molecular weight excluding hydrogens is 416 g/mol. The SMILES string of the molecule is COc1ccc(S(=O)(=O)Cc2cc(C(=O)NCc3cccnc3)ccc2C)cc1OC. The summed E-state index contributed by atoms with van der Waals surface area (Å²) < 4.78 is 36.4. The second-order valence-electron chi connectivity index (χ2n) is 6.96. The summed E-state index contributed by atoms with van der Waals surface area (Å²) in [6.07, 6.45) is 3.34. The van der Waals surface area contributed by atoms with Gasteiger partial charge in [-0.05, 0) is 53.9 Å². The molecule has 1 amide bonds. The molecule has 0 saturated carbocycles. The number of carbonyl (C=O) groups excluding carboxylic acids is 1. The Bertz CT molecular complexity index is 1180. The van der Waals surface area contributed by atoms with Crippen LogP contribution in [0.2, 0.25) is 0 Å². The van der Waals surface area contributed by atoms with E-state index in [-0.39, 0.29) is 16.6 Å². The average molecular weight is 441 g/mol. The Kier molecular flexibility index (Phi) is 6.91. The van der Waals surface area contributed by atoms with Crippen LogP contribution >= 0.6 is 0 Å². The van der Waals surface area contributed by atoms with Gasteiger partial charge in [0, 0.05) is 30.6 Å². The molecule has 0 unspecified atom stereocenters. The van der Waals surface area contributed by atoms with Gasteiger partial charge in [-0.25, -0.2) is 8.42 Å². The number of rotatable bonds is 8. The highest BCUT2D eigenvalue weighted by Gasteiger charge is 2.20. The Labute approximate surface area is 182 Å². The minimum Gasteiger partial charge on any atom is -0.493 e. The summed E-state index contributed by atoms with van der Waals surface area (Å²) in [5.41, 5.74) is 2.61. The molecule has 31 heavy (non-hydrogen) atoms. The zero-order valence-electron chi connectivity index (χ0n) is 17.6. The Morgan fingerprint density at radius 2 is 1.81 bits per heavy atom. The number of aromatic nitrogens is 1. The molecule has 1 heterocycles. The van der Waals surface area contributed by atoms with Crippen LogP contribution in [-0.2, 0) is 22.1 Å². The van der Waals surface area contributed by atoms with Crippen molar-refractivity contribution in [2.24, 2.45) is 0 Å². The number of hydrogen-bond acceptors (Lipinski definition) is 6. The molecule has 3 rings (SSSR count). The van der Waals surface area contributed by atoms with E-state index < -0.39 is 9.84 Å². The number of nitrogens with one attached hydrogen (secondary N) is 1. The van der Waals surface area contributed by atoms with Crippen LogP contribution in [-0.4, -0.2) is 33.5 Å². The summed E-state index contributed by atoms with van der Waals surface area (Å²) in [5, 5.41) is 2.83. The molecule has 0 fully saturated rings. The van der Waals surface area contributed by atoms with Crippen LogP contribution in [0.5, 0.6) is 11.5 Å². The summed E-state index contributed by atoms with van der Waals surface area (Å²) in [6, 6.07) is 13.2. The van der Waals surface area contributed by atoms with E-state index in [4.69, 9.17) is 9.47 Å². The first kappa shape index (κ1) is 22.3. The van der Waals surface area contributed by atoms with Crippen LogP contribution in [0.15, 0.2) is 65.8 Å². The number of amides is 1. The fourth-order valence-electron chi connectivity index (χ4n) is 3.05. The van der Waals surface area contributed by atoms with E-state index in [1.54, 1.807) is 42.7 Å². The molecule has 8 heteroatoms. The van der Waals surface area contributed by atoms with Crippen LogP contribution in [0.4, 0.5) is 0 Å².